The number of fused-ring (bicyclic) bond motifs is 1. The van der Waals surface area contributed by atoms with E-state index in [4.69, 9.17) is 0 Å². The minimum Gasteiger partial charge on any atom is -0.396 e. The van der Waals surface area contributed by atoms with Gasteiger partial charge in [-0.25, -0.2) is 17.7 Å². The van der Waals surface area contributed by atoms with Gasteiger partial charge in [-0.3, -0.25) is 4.90 Å². The zero-order valence-electron chi connectivity index (χ0n) is 13.0. The number of piperidine rings is 1. The minimum absolute atomic E-state index is 0.0435. The molecule has 1 N–H and O–H groups in total. The van der Waals surface area contributed by atoms with Crippen LogP contribution in [-0.2, 0) is 16.6 Å². The van der Waals surface area contributed by atoms with E-state index in [2.05, 4.69) is 9.88 Å². The monoisotopic (exact) mass is 345 g/mol. The summed E-state index contributed by atoms with van der Waals surface area (Å²) in [4.78, 5) is 7.87. The Morgan fingerprint density at radius 1 is 1.50 bits per heavy atom. The van der Waals surface area contributed by atoms with Gasteiger partial charge < -0.3 is 5.11 Å². The van der Waals surface area contributed by atoms with Crippen LogP contribution in [0.25, 0.3) is 0 Å². The molecule has 2 fully saturated rings. The van der Waals surface area contributed by atoms with Gasteiger partial charge >= 0.3 is 0 Å². The molecule has 2 aliphatic heterocycles. The summed E-state index contributed by atoms with van der Waals surface area (Å²) in [6, 6.07) is 0. The highest BCUT2D eigenvalue weighted by molar-refractivity contribution is 7.88. The maximum absolute atomic E-state index is 11.8. The van der Waals surface area contributed by atoms with E-state index in [0.29, 0.717) is 13.1 Å². The number of rotatable bonds is 4. The molecule has 3 rings (SSSR count). The SMILES string of the molecule is Cc1ncsc1CN1CC[C@@H]2CN(S(C)(=O)=O)C[C@]2(CO)C1. The van der Waals surface area contributed by atoms with Gasteiger partial charge in [0.15, 0.2) is 0 Å². The number of aliphatic hydroxyl groups excluding tert-OH is 1. The van der Waals surface area contributed by atoms with E-state index in [1.165, 1.54) is 15.4 Å². The quantitative estimate of drug-likeness (QED) is 0.862. The minimum atomic E-state index is -3.19. The normalized spacial score (nSPS) is 30.6. The average Bonchev–Trinajstić information content (AvgIpc) is 3.03. The van der Waals surface area contributed by atoms with Crippen molar-refractivity contribution in [3.8, 4) is 0 Å². The van der Waals surface area contributed by atoms with Crippen LogP contribution in [0, 0.1) is 18.3 Å². The molecule has 2 atom stereocenters. The number of aryl methyl sites for hydroxylation is 1. The molecule has 8 heteroatoms. The predicted molar refractivity (Wildman–Crippen MR) is 86.2 cm³/mol. The van der Waals surface area contributed by atoms with Crippen LogP contribution in [-0.4, -0.2) is 66.8 Å². The topological polar surface area (TPSA) is 73.7 Å². The molecule has 0 aliphatic carbocycles. The molecule has 6 nitrogen and oxygen atoms in total. The van der Waals surface area contributed by atoms with Gasteiger partial charge in [-0.15, -0.1) is 11.3 Å². The number of aromatic nitrogens is 1. The molecule has 0 bridgehead atoms. The van der Waals surface area contributed by atoms with E-state index in [1.54, 1.807) is 11.3 Å². The lowest BCUT2D eigenvalue weighted by Gasteiger charge is -2.43. The van der Waals surface area contributed by atoms with Crippen molar-refractivity contribution in [3.63, 3.8) is 0 Å². The number of thiazole rings is 1. The van der Waals surface area contributed by atoms with Crippen molar-refractivity contribution < 1.29 is 13.5 Å². The van der Waals surface area contributed by atoms with Gasteiger partial charge in [0, 0.05) is 36.5 Å². The third kappa shape index (κ3) is 2.94. The van der Waals surface area contributed by atoms with Crippen molar-refractivity contribution in [1.82, 2.24) is 14.2 Å². The Hall–Kier alpha value is -0.540. The van der Waals surface area contributed by atoms with Crippen LogP contribution in [0.5, 0.6) is 0 Å². The number of nitrogens with zero attached hydrogens (tertiary/aromatic N) is 3. The molecule has 0 radical (unpaired) electrons. The standard InChI is InChI=1S/C14H23N3O3S2/c1-11-13(21-10-15-11)6-16-4-3-12-5-17(22(2,19)20)8-14(12,7-16)9-18/h10,12,18H,3-9H2,1-2H3/t12-,14+/m1/s1. The fraction of sp³-hybridized carbons (Fsp3) is 0.786. The molecule has 0 unspecified atom stereocenters. The first-order valence-electron chi connectivity index (χ1n) is 7.51. The summed E-state index contributed by atoms with van der Waals surface area (Å²) in [7, 11) is -3.19. The van der Waals surface area contributed by atoms with Crippen LogP contribution in [0.15, 0.2) is 5.51 Å². The summed E-state index contributed by atoms with van der Waals surface area (Å²) in [5, 5.41) is 9.98. The molecule has 1 aromatic heterocycles. The summed E-state index contributed by atoms with van der Waals surface area (Å²) in [5.74, 6) is 0.256. The second-order valence-corrected chi connectivity index (χ2v) is 9.55. The fourth-order valence-electron chi connectivity index (χ4n) is 3.72. The number of aliphatic hydroxyl groups is 1. The van der Waals surface area contributed by atoms with Gasteiger partial charge in [0.1, 0.15) is 0 Å². The van der Waals surface area contributed by atoms with Crippen molar-refractivity contribution >= 4 is 21.4 Å². The Kier molecular flexibility index (Phi) is 4.32. The predicted octanol–water partition coefficient (Wildman–Crippen LogP) is 0.527. The van der Waals surface area contributed by atoms with E-state index in [-0.39, 0.29) is 17.9 Å². The lowest BCUT2D eigenvalue weighted by Crippen LogP contribution is -2.50. The molecule has 0 spiro atoms. The van der Waals surface area contributed by atoms with Gasteiger partial charge in [0.2, 0.25) is 10.0 Å². The smallest absolute Gasteiger partial charge is 0.211 e. The fourth-order valence-corrected chi connectivity index (χ4v) is 5.48. The number of likely N-dealkylation sites (tertiary alicyclic amines) is 1. The lowest BCUT2D eigenvalue weighted by atomic mass is 9.74. The maximum Gasteiger partial charge on any atom is 0.211 e. The van der Waals surface area contributed by atoms with Crippen molar-refractivity contribution in [3.05, 3.63) is 16.1 Å². The van der Waals surface area contributed by atoms with Crippen LogP contribution in [0.1, 0.15) is 17.0 Å². The molecule has 0 aromatic carbocycles. The molecule has 2 saturated heterocycles. The van der Waals surface area contributed by atoms with Gasteiger partial charge in [-0.05, 0) is 25.8 Å². The molecule has 124 valence electrons. The van der Waals surface area contributed by atoms with Gasteiger partial charge in [-0.2, -0.15) is 0 Å². The Morgan fingerprint density at radius 2 is 2.27 bits per heavy atom. The van der Waals surface area contributed by atoms with Crippen molar-refractivity contribution in [2.45, 2.75) is 19.9 Å². The van der Waals surface area contributed by atoms with E-state index < -0.39 is 10.0 Å². The first-order chi connectivity index (χ1) is 10.3. The highest BCUT2D eigenvalue weighted by Gasteiger charge is 2.51. The van der Waals surface area contributed by atoms with Crippen LogP contribution in [0.2, 0.25) is 0 Å². The Balaban J connectivity index is 1.75. The van der Waals surface area contributed by atoms with Gasteiger partial charge in [0.25, 0.3) is 0 Å². The van der Waals surface area contributed by atoms with Crippen molar-refractivity contribution in [1.29, 1.82) is 0 Å². The molecular weight excluding hydrogens is 322 g/mol. The molecule has 22 heavy (non-hydrogen) atoms. The first kappa shape index (κ1) is 16.3. The molecule has 2 aliphatic rings. The van der Waals surface area contributed by atoms with E-state index in [1.807, 2.05) is 12.4 Å². The largest absolute Gasteiger partial charge is 0.396 e. The summed E-state index contributed by atoms with van der Waals surface area (Å²) < 4.78 is 25.2. The Morgan fingerprint density at radius 3 is 2.86 bits per heavy atom. The highest BCUT2D eigenvalue weighted by Crippen LogP contribution is 2.43. The first-order valence-corrected chi connectivity index (χ1v) is 10.2. The number of hydrogen-bond acceptors (Lipinski definition) is 6. The molecular formula is C14H23N3O3S2. The number of sulfonamides is 1. The zero-order valence-corrected chi connectivity index (χ0v) is 14.7. The zero-order chi connectivity index (χ0) is 16.0. The maximum atomic E-state index is 11.8. The van der Waals surface area contributed by atoms with Gasteiger partial charge in [-0.1, -0.05) is 0 Å². The van der Waals surface area contributed by atoms with Crippen molar-refractivity contribution in [2.24, 2.45) is 11.3 Å². The second-order valence-electron chi connectivity index (χ2n) is 6.63. The summed E-state index contributed by atoms with van der Waals surface area (Å²) in [6.45, 7) is 5.57. The lowest BCUT2D eigenvalue weighted by molar-refractivity contribution is 0.00914. The second kappa shape index (κ2) is 5.83. The number of hydrogen-bond donors (Lipinski definition) is 1. The third-order valence-electron chi connectivity index (χ3n) is 5.11. The Labute approximate surface area is 135 Å². The van der Waals surface area contributed by atoms with Crippen LogP contribution < -0.4 is 0 Å². The van der Waals surface area contributed by atoms with E-state index >= 15 is 0 Å². The Bertz CT molecular complexity index is 646. The molecule has 1 aromatic rings. The van der Waals surface area contributed by atoms with Crippen molar-refractivity contribution in [2.75, 3.05) is 39.0 Å². The molecule has 0 saturated carbocycles. The summed E-state index contributed by atoms with van der Waals surface area (Å²) in [5.41, 5.74) is 2.61. The van der Waals surface area contributed by atoms with Crippen LogP contribution >= 0.6 is 11.3 Å². The molecule has 0 amide bonds. The average molecular weight is 345 g/mol. The van der Waals surface area contributed by atoms with Gasteiger partial charge in [0.05, 0.1) is 24.1 Å². The summed E-state index contributed by atoms with van der Waals surface area (Å²) in [6.07, 6.45) is 2.19. The molecule has 3 heterocycles. The highest BCUT2D eigenvalue weighted by atomic mass is 32.2. The van der Waals surface area contributed by atoms with E-state index in [9.17, 15) is 13.5 Å². The van der Waals surface area contributed by atoms with Crippen LogP contribution in [0.4, 0.5) is 0 Å². The third-order valence-corrected chi connectivity index (χ3v) is 7.25. The van der Waals surface area contributed by atoms with Crippen LogP contribution in [0.3, 0.4) is 0 Å². The summed E-state index contributed by atoms with van der Waals surface area (Å²) >= 11 is 1.66. The van der Waals surface area contributed by atoms with E-state index in [0.717, 1.165) is 31.7 Å².